The molecular weight excluding hydrogens is 380 g/mol. The van der Waals surface area contributed by atoms with E-state index in [-0.39, 0.29) is 12.1 Å². The zero-order valence-electron chi connectivity index (χ0n) is 16.4. The second-order valence-electron chi connectivity index (χ2n) is 6.70. The van der Waals surface area contributed by atoms with Crippen molar-refractivity contribution in [3.63, 3.8) is 0 Å². The highest BCUT2D eigenvalue weighted by molar-refractivity contribution is 5.95. The molecule has 0 aliphatic heterocycles. The van der Waals surface area contributed by atoms with Gasteiger partial charge in [-0.1, -0.05) is 48.5 Å². The van der Waals surface area contributed by atoms with Gasteiger partial charge in [-0.3, -0.25) is 10.4 Å². The van der Waals surface area contributed by atoms with Crippen molar-refractivity contribution in [2.45, 2.75) is 6.04 Å². The first kappa shape index (κ1) is 19.4. The topological polar surface area (TPSA) is 104 Å². The second-order valence-corrected chi connectivity index (χ2v) is 6.70. The van der Waals surface area contributed by atoms with Gasteiger partial charge in [-0.05, 0) is 17.7 Å². The van der Waals surface area contributed by atoms with Crippen LogP contribution in [0.2, 0.25) is 0 Å². The summed E-state index contributed by atoms with van der Waals surface area (Å²) in [5.74, 6) is 1.09. The number of rotatable bonds is 7. The highest BCUT2D eigenvalue weighted by Crippen LogP contribution is 2.24. The van der Waals surface area contributed by atoms with Crippen LogP contribution in [0, 0.1) is 0 Å². The summed E-state index contributed by atoms with van der Waals surface area (Å²) in [4.78, 5) is 16.8. The quantitative estimate of drug-likeness (QED) is 0.371. The normalized spacial score (nSPS) is 11.8. The van der Waals surface area contributed by atoms with Crippen LogP contribution in [-0.2, 0) is 4.74 Å². The Hall–Kier alpha value is -3.91. The van der Waals surface area contributed by atoms with Crippen LogP contribution in [0.15, 0.2) is 72.9 Å². The summed E-state index contributed by atoms with van der Waals surface area (Å²) in [5, 5.41) is 17.0. The number of nitrogens with one attached hydrogen (secondary N) is 4. The number of carbonyl (C=O) groups is 1. The number of pyridine rings is 1. The lowest BCUT2D eigenvalue weighted by atomic mass is 10.1. The number of aromatic nitrogens is 3. The average molecular weight is 402 g/mol. The first-order valence-electron chi connectivity index (χ1n) is 9.50. The summed E-state index contributed by atoms with van der Waals surface area (Å²) in [6, 6.07) is 20.5. The monoisotopic (exact) mass is 402 g/mol. The Morgan fingerprint density at radius 3 is 2.57 bits per heavy atom. The molecule has 0 aliphatic carbocycles. The number of hydrogen-bond donors (Lipinski definition) is 4. The van der Waals surface area contributed by atoms with E-state index in [9.17, 15) is 4.79 Å². The second kappa shape index (κ2) is 9.06. The predicted molar refractivity (Wildman–Crippen MR) is 117 cm³/mol. The Bertz CT molecular complexity index is 1110. The molecule has 1 unspecified atom stereocenters. The molecule has 0 aliphatic rings. The molecule has 2 amide bonds. The zero-order chi connectivity index (χ0) is 20.8. The lowest BCUT2D eigenvalue weighted by Crippen LogP contribution is -2.35. The molecule has 0 saturated heterocycles. The summed E-state index contributed by atoms with van der Waals surface area (Å²) in [7, 11) is 1.60. The molecule has 2 aromatic heterocycles. The molecular formula is C22H22N6O2. The molecule has 30 heavy (non-hydrogen) atoms. The van der Waals surface area contributed by atoms with E-state index in [1.807, 2.05) is 60.7 Å². The largest absolute Gasteiger partial charge is 0.382 e. The van der Waals surface area contributed by atoms with Crippen LogP contribution in [0.5, 0.6) is 0 Å². The van der Waals surface area contributed by atoms with Crippen LogP contribution in [0.4, 0.5) is 22.1 Å². The number of methoxy groups -OCH3 is 1. The number of para-hydroxylation sites is 1. The van der Waals surface area contributed by atoms with Gasteiger partial charge >= 0.3 is 6.03 Å². The van der Waals surface area contributed by atoms with Crippen molar-refractivity contribution in [1.29, 1.82) is 0 Å². The Morgan fingerprint density at radius 1 is 1.10 bits per heavy atom. The first-order chi connectivity index (χ1) is 14.7. The number of urea groups is 1. The molecule has 2 aromatic carbocycles. The van der Waals surface area contributed by atoms with Gasteiger partial charge in [0.05, 0.1) is 23.6 Å². The van der Waals surface area contributed by atoms with Gasteiger partial charge in [-0.15, -0.1) is 0 Å². The fraction of sp³-hybridized carbons (Fsp3) is 0.136. The van der Waals surface area contributed by atoms with Crippen LogP contribution >= 0.6 is 0 Å². The lowest BCUT2D eigenvalue weighted by Gasteiger charge is -2.18. The van der Waals surface area contributed by atoms with Crippen molar-refractivity contribution in [3.05, 3.63) is 78.5 Å². The third-order valence-electron chi connectivity index (χ3n) is 4.57. The van der Waals surface area contributed by atoms with Gasteiger partial charge in [0.25, 0.3) is 0 Å². The Morgan fingerprint density at radius 2 is 1.83 bits per heavy atom. The van der Waals surface area contributed by atoms with Crippen LogP contribution in [0.1, 0.15) is 11.6 Å². The molecule has 8 nitrogen and oxygen atoms in total. The summed E-state index contributed by atoms with van der Waals surface area (Å²) >= 11 is 0. The molecule has 1 atom stereocenters. The van der Waals surface area contributed by atoms with Gasteiger partial charge in [0.1, 0.15) is 5.82 Å². The van der Waals surface area contributed by atoms with Crippen molar-refractivity contribution in [3.8, 4) is 0 Å². The van der Waals surface area contributed by atoms with Crippen LogP contribution in [-0.4, -0.2) is 34.9 Å². The minimum Gasteiger partial charge on any atom is -0.382 e. The maximum atomic E-state index is 12.5. The number of benzene rings is 2. The molecule has 0 spiro atoms. The first-order valence-corrected chi connectivity index (χ1v) is 9.50. The van der Waals surface area contributed by atoms with E-state index in [2.05, 4.69) is 31.1 Å². The predicted octanol–water partition coefficient (Wildman–Crippen LogP) is 4.21. The van der Waals surface area contributed by atoms with Gasteiger partial charge in [-0.25, -0.2) is 9.78 Å². The van der Waals surface area contributed by atoms with Crippen LogP contribution < -0.4 is 16.0 Å². The fourth-order valence-corrected chi connectivity index (χ4v) is 3.12. The van der Waals surface area contributed by atoms with E-state index in [1.165, 1.54) is 0 Å². The van der Waals surface area contributed by atoms with Gasteiger partial charge < -0.3 is 15.4 Å². The number of ether oxygens (including phenoxy) is 1. The summed E-state index contributed by atoms with van der Waals surface area (Å²) in [5.41, 5.74) is 2.65. The van der Waals surface area contributed by atoms with Gasteiger partial charge in [0.2, 0.25) is 0 Å². The van der Waals surface area contributed by atoms with Crippen molar-refractivity contribution in [1.82, 2.24) is 20.5 Å². The highest BCUT2D eigenvalue weighted by Gasteiger charge is 2.15. The number of amides is 2. The molecule has 4 rings (SSSR count). The Balaban J connectivity index is 1.45. The summed E-state index contributed by atoms with van der Waals surface area (Å²) in [6.07, 6.45) is 1.67. The molecule has 0 fully saturated rings. The van der Waals surface area contributed by atoms with E-state index < -0.39 is 0 Å². The van der Waals surface area contributed by atoms with Crippen molar-refractivity contribution in [2.24, 2.45) is 0 Å². The average Bonchev–Trinajstić information content (AvgIpc) is 3.16. The number of carbonyl (C=O) groups excluding carboxylic acids is 1. The fourth-order valence-electron chi connectivity index (χ4n) is 3.12. The lowest BCUT2D eigenvalue weighted by molar-refractivity contribution is 0.168. The Kier molecular flexibility index (Phi) is 5.86. The standard InChI is InChI=1S/C22H22N6O2/c1-30-14-19(15-8-4-2-5-9-15)25-22(29)26-20-12-18-17(13-23-20)21(28-27-18)24-16-10-6-3-7-11-16/h2-13,19H,14H2,1H3,(H2,24,27,28)(H2,23,25,26,29). The molecule has 152 valence electrons. The van der Waals surface area contributed by atoms with Crippen molar-refractivity contribution in [2.75, 3.05) is 24.4 Å². The SMILES string of the molecule is COCC(NC(=O)Nc1cc2[nH]nc(Nc3ccccc3)c2cn1)c1ccccc1. The van der Waals surface area contributed by atoms with Crippen LogP contribution in [0.25, 0.3) is 10.9 Å². The maximum absolute atomic E-state index is 12.5. The van der Waals surface area contributed by atoms with E-state index in [1.54, 1.807) is 19.4 Å². The van der Waals surface area contributed by atoms with E-state index in [0.29, 0.717) is 18.2 Å². The third-order valence-corrected chi connectivity index (χ3v) is 4.57. The minimum atomic E-state index is -0.366. The zero-order valence-corrected chi connectivity index (χ0v) is 16.4. The number of aromatic amines is 1. The van der Waals surface area contributed by atoms with Gasteiger partial charge in [0, 0.05) is 25.1 Å². The molecule has 0 saturated carbocycles. The van der Waals surface area contributed by atoms with Gasteiger partial charge in [0.15, 0.2) is 5.82 Å². The summed E-state index contributed by atoms with van der Waals surface area (Å²) < 4.78 is 5.24. The molecule has 0 radical (unpaired) electrons. The summed E-state index contributed by atoms with van der Waals surface area (Å²) in [6.45, 7) is 0.360. The number of anilines is 3. The third kappa shape index (κ3) is 4.56. The number of hydrogen-bond acceptors (Lipinski definition) is 5. The van der Waals surface area contributed by atoms with E-state index in [4.69, 9.17) is 4.74 Å². The minimum absolute atomic E-state index is 0.270. The van der Waals surface area contributed by atoms with Crippen molar-refractivity contribution >= 4 is 34.3 Å². The smallest absolute Gasteiger partial charge is 0.320 e. The maximum Gasteiger partial charge on any atom is 0.320 e. The molecule has 4 N–H and O–H groups in total. The number of fused-ring (bicyclic) bond motifs is 1. The van der Waals surface area contributed by atoms with Crippen LogP contribution in [0.3, 0.4) is 0 Å². The van der Waals surface area contributed by atoms with E-state index in [0.717, 1.165) is 22.2 Å². The molecule has 0 bridgehead atoms. The van der Waals surface area contributed by atoms with E-state index >= 15 is 0 Å². The molecule has 8 heteroatoms. The molecule has 4 aromatic rings. The molecule has 2 heterocycles. The highest BCUT2D eigenvalue weighted by atomic mass is 16.5. The van der Waals surface area contributed by atoms with Gasteiger partial charge in [-0.2, -0.15) is 5.10 Å². The Labute approximate surface area is 173 Å². The number of H-pyrrole nitrogens is 1. The number of nitrogens with zero attached hydrogens (tertiary/aromatic N) is 2. The van der Waals surface area contributed by atoms with Crippen molar-refractivity contribution < 1.29 is 9.53 Å².